The summed E-state index contributed by atoms with van der Waals surface area (Å²) in [5.74, 6) is 0.192. The summed E-state index contributed by atoms with van der Waals surface area (Å²) in [4.78, 5) is 12.2. The third-order valence-electron chi connectivity index (χ3n) is 3.67. The Balaban J connectivity index is 2.46. The number of amides is 1. The van der Waals surface area contributed by atoms with E-state index < -0.39 is 0 Å². The molecule has 0 aliphatic rings. The van der Waals surface area contributed by atoms with Gasteiger partial charge in [-0.25, -0.2) is 0 Å². The molecule has 0 saturated heterocycles. The van der Waals surface area contributed by atoms with Gasteiger partial charge in [0.1, 0.15) is 0 Å². The summed E-state index contributed by atoms with van der Waals surface area (Å²) in [5, 5.41) is 3.15. The Bertz CT molecular complexity index is 389. The standard InChI is InChI=1S/C17H28N2O/c1-4-16(15-11-6-5-7-12-15)19-17(20)13(2)9-8-10-14(3)18/h5-7,11-14,16H,4,8-10,18H2,1-3H3,(H,19,20). The van der Waals surface area contributed by atoms with Crippen LogP contribution in [0.1, 0.15) is 58.1 Å². The molecule has 20 heavy (non-hydrogen) atoms. The zero-order valence-electron chi connectivity index (χ0n) is 12.9. The third kappa shape index (κ3) is 5.74. The van der Waals surface area contributed by atoms with E-state index >= 15 is 0 Å². The number of carbonyl (C=O) groups excluding carboxylic acids is 1. The zero-order chi connectivity index (χ0) is 15.0. The molecule has 0 bridgehead atoms. The van der Waals surface area contributed by atoms with E-state index in [4.69, 9.17) is 5.73 Å². The van der Waals surface area contributed by atoms with Crippen molar-refractivity contribution in [2.75, 3.05) is 0 Å². The van der Waals surface area contributed by atoms with Crippen LogP contribution in [0.5, 0.6) is 0 Å². The van der Waals surface area contributed by atoms with Gasteiger partial charge in [-0.2, -0.15) is 0 Å². The molecule has 1 aromatic rings. The van der Waals surface area contributed by atoms with Crippen molar-refractivity contribution in [2.45, 2.75) is 58.5 Å². The van der Waals surface area contributed by atoms with Crippen LogP contribution in [0.15, 0.2) is 30.3 Å². The number of nitrogens with one attached hydrogen (secondary N) is 1. The van der Waals surface area contributed by atoms with Gasteiger partial charge in [0.15, 0.2) is 0 Å². The molecule has 0 radical (unpaired) electrons. The summed E-state index contributed by atoms with van der Waals surface area (Å²) in [6, 6.07) is 10.5. The molecule has 0 aliphatic heterocycles. The van der Waals surface area contributed by atoms with Gasteiger partial charge in [-0.05, 0) is 31.7 Å². The van der Waals surface area contributed by atoms with Crippen LogP contribution in [0.4, 0.5) is 0 Å². The summed E-state index contributed by atoms with van der Waals surface area (Å²) < 4.78 is 0. The SMILES string of the molecule is CCC(NC(=O)C(C)CCCC(C)N)c1ccccc1. The highest BCUT2D eigenvalue weighted by Crippen LogP contribution is 2.18. The molecule has 0 fully saturated rings. The molecule has 0 spiro atoms. The molecular weight excluding hydrogens is 248 g/mol. The minimum atomic E-state index is 0.0477. The molecule has 3 nitrogen and oxygen atoms in total. The van der Waals surface area contributed by atoms with Crippen molar-refractivity contribution in [1.82, 2.24) is 5.32 Å². The number of hydrogen-bond acceptors (Lipinski definition) is 2. The summed E-state index contributed by atoms with van der Waals surface area (Å²) in [6.07, 6.45) is 3.79. The maximum atomic E-state index is 12.2. The second kappa shape index (κ2) is 8.75. The van der Waals surface area contributed by atoms with Gasteiger partial charge in [-0.1, -0.05) is 50.6 Å². The van der Waals surface area contributed by atoms with Crippen LogP contribution >= 0.6 is 0 Å². The van der Waals surface area contributed by atoms with Gasteiger partial charge in [0, 0.05) is 12.0 Å². The Hall–Kier alpha value is -1.35. The molecule has 112 valence electrons. The fourth-order valence-corrected chi connectivity index (χ4v) is 2.30. The van der Waals surface area contributed by atoms with Crippen molar-refractivity contribution in [3.63, 3.8) is 0 Å². The first-order chi connectivity index (χ1) is 9.54. The molecule has 0 saturated carbocycles. The van der Waals surface area contributed by atoms with Gasteiger partial charge in [0.05, 0.1) is 6.04 Å². The van der Waals surface area contributed by atoms with Crippen molar-refractivity contribution in [1.29, 1.82) is 0 Å². The van der Waals surface area contributed by atoms with E-state index in [0.717, 1.165) is 25.7 Å². The maximum absolute atomic E-state index is 12.2. The number of benzene rings is 1. The molecule has 3 N–H and O–H groups in total. The minimum absolute atomic E-state index is 0.0477. The molecule has 0 aromatic heterocycles. The third-order valence-corrected chi connectivity index (χ3v) is 3.67. The molecule has 0 heterocycles. The van der Waals surface area contributed by atoms with E-state index in [2.05, 4.69) is 24.4 Å². The Morgan fingerprint density at radius 2 is 1.85 bits per heavy atom. The lowest BCUT2D eigenvalue weighted by Crippen LogP contribution is -2.32. The first-order valence-corrected chi connectivity index (χ1v) is 7.65. The lowest BCUT2D eigenvalue weighted by atomic mass is 9.99. The molecule has 0 aliphatic carbocycles. The van der Waals surface area contributed by atoms with Crippen molar-refractivity contribution in [3.8, 4) is 0 Å². The average molecular weight is 276 g/mol. The van der Waals surface area contributed by atoms with Crippen LogP contribution in [0.2, 0.25) is 0 Å². The van der Waals surface area contributed by atoms with Crippen LogP contribution in [-0.4, -0.2) is 11.9 Å². The van der Waals surface area contributed by atoms with Gasteiger partial charge < -0.3 is 11.1 Å². The number of nitrogens with two attached hydrogens (primary N) is 1. The number of hydrogen-bond donors (Lipinski definition) is 2. The highest BCUT2D eigenvalue weighted by molar-refractivity contribution is 5.78. The van der Waals surface area contributed by atoms with Crippen molar-refractivity contribution < 1.29 is 4.79 Å². The topological polar surface area (TPSA) is 55.1 Å². The summed E-state index contributed by atoms with van der Waals surface area (Å²) in [5.41, 5.74) is 6.90. The van der Waals surface area contributed by atoms with E-state index in [1.165, 1.54) is 5.56 Å². The Kier molecular flexibility index (Phi) is 7.31. The highest BCUT2D eigenvalue weighted by Gasteiger charge is 2.17. The van der Waals surface area contributed by atoms with Crippen molar-refractivity contribution in [3.05, 3.63) is 35.9 Å². The number of rotatable bonds is 8. The van der Waals surface area contributed by atoms with E-state index in [1.54, 1.807) is 0 Å². The lowest BCUT2D eigenvalue weighted by Gasteiger charge is -2.20. The van der Waals surface area contributed by atoms with Crippen LogP contribution < -0.4 is 11.1 Å². The Morgan fingerprint density at radius 1 is 1.20 bits per heavy atom. The molecule has 3 unspecified atom stereocenters. The summed E-state index contributed by atoms with van der Waals surface area (Å²) >= 11 is 0. The first kappa shape index (κ1) is 16.7. The average Bonchev–Trinajstić information content (AvgIpc) is 2.44. The van der Waals surface area contributed by atoms with Crippen LogP contribution in [0, 0.1) is 5.92 Å². The normalized spacial score (nSPS) is 15.4. The maximum Gasteiger partial charge on any atom is 0.223 e. The van der Waals surface area contributed by atoms with Gasteiger partial charge in [0.25, 0.3) is 0 Å². The van der Waals surface area contributed by atoms with Crippen molar-refractivity contribution in [2.24, 2.45) is 11.7 Å². The van der Waals surface area contributed by atoms with Crippen LogP contribution in [0.25, 0.3) is 0 Å². The molecule has 1 amide bonds. The zero-order valence-corrected chi connectivity index (χ0v) is 12.9. The monoisotopic (exact) mass is 276 g/mol. The van der Waals surface area contributed by atoms with Crippen LogP contribution in [-0.2, 0) is 4.79 Å². The predicted octanol–water partition coefficient (Wildman–Crippen LogP) is 3.41. The molecular formula is C17H28N2O. The van der Waals surface area contributed by atoms with E-state index in [1.807, 2.05) is 32.0 Å². The smallest absolute Gasteiger partial charge is 0.223 e. The van der Waals surface area contributed by atoms with Gasteiger partial charge in [-0.15, -0.1) is 0 Å². The summed E-state index contributed by atoms with van der Waals surface area (Å²) in [6.45, 7) is 6.10. The highest BCUT2D eigenvalue weighted by atomic mass is 16.1. The van der Waals surface area contributed by atoms with Gasteiger partial charge in [-0.3, -0.25) is 4.79 Å². The van der Waals surface area contributed by atoms with E-state index in [0.29, 0.717) is 0 Å². The van der Waals surface area contributed by atoms with Gasteiger partial charge in [0.2, 0.25) is 5.91 Å². The second-order valence-electron chi connectivity index (χ2n) is 5.69. The fraction of sp³-hybridized carbons (Fsp3) is 0.588. The largest absolute Gasteiger partial charge is 0.349 e. The predicted molar refractivity (Wildman–Crippen MR) is 84.3 cm³/mol. The Morgan fingerprint density at radius 3 is 2.40 bits per heavy atom. The van der Waals surface area contributed by atoms with Gasteiger partial charge >= 0.3 is 0 Å². The Labute approximate surface area is 122 Å². The van der Waals surface area contributed by atoms with E-state index in [-0.39, 0.29) is 23.9 Å². The quantitative estimate of drug-likeness (QED) is 0.764. The molecule has 3 atom stereocenters. The van der Waals surface area contributed by atoms with E-state index in [9.17, 15) is 4.79 Å². The minimum Gasteiger partial charge on any atom is -0.349 e. The number of carbonyl (C=O) groups is 1. The van der Waals surface area contributed by atoms with Crippen molar-refractivity contribution >= 4 is 5.91 Å². The fourth-order valence-electron chi connectivity index (χ4n) is 2.30. The first-order valence-electron chi connectivity index (χ1n) is 7.65. The van der Waals surface area contributed by atoms with Crippen LogP contribution in [0.3, 0.4) is 0 Å². The lowest BCUT2D eigenvalue weighted by molar-refractivity contribution is -0.125. The summed E-state index contributed by atoms with van der Waals surface area (Å²) in [7, 11) is 0. The molecule has 1 rings (SSSR count). The second-order valence-corrected chi connectivity index (χ2v) is 5.69. The molecule has 1 aromatic carbocycles. The molecule has 3 heteroatoms.